The van der Waals surface area contributed by atoms with E-state index >= 15 is 0 Å². The molecule has 0 amide bonds. The highest BCUT2D eigenvalue weighted by molar-refractivity contribution is 7.89. The molecule has 0 aliphatic rings. The number of ketones is 1. The molecule has 0 aliphatic carbocycles. The van der Waals surface area contributed by atoms with Crippen molar-refractivity contribution in [3.63, 3.8) is 0 Å². The molecule has 2 N–H and O–H groups in total. The number of aromatic nitrogens is 1. The maximum absolute atomic E-state index is 12.8. The topological polar surface area (TPSA) is 115 Å². The lowest BCUT2D eigenvalue weighted by atomic mass is 10.1. The summed E-state index contributed by atoms with van der Waals surface area (Å²) < 4.78 is 71.2. The molecule has 1 aromatic carbocycles. The number of hydrogen-bond acceptors (Lipinski definition) is 6. The van der Waals surface area contributed by atoms with Crippen molar-refractivity contribution in [1.82, 2.24) is 9.29 Å². The lowest BCUT2D eigenvalue weighted by Gasteiger charge is -2.20. The molecule has 1 aromatic heterocycles. The number of sulfonamides is 1. The summed E-state index contributed by atoms with van der Waals surface area (Å²) >= 11 is 0. The molecule has 1 heterocycles. The number of esters is 1. The summed E-state index contributed by atoms with van der Waals surface area (Å²) in [6, 6.07) is 5.30. The van der Waals surface area contributed by atoms with Crippen molar-refractivity contribution < 1.29 is 41.0 Å². The van der Waals surface area contributed by atoms with Gasteiger partial charge in [-0.1, -0.05) is 17.7 Å². The summed E-state index contributed by atoms with van der Waals surface area (Å²) in [5, 5.41) is 9.89. The average molecular weight is 491 g/mol. The zero-order valence-corrected chi connectivity index (χ0v) is 19.2. The molecule has 0 unspecified atom stereocenters. The number of Topliss-reactive ketones (excluding diaryl/α,β-unsaturated/α-hetero) is 1. The van der Waals surface area contributed by atoms with Crippen molar-refractivity contribution in [2.75, 3.05) is 6.61 Å². The molecule has 0 spiro atoms. The molecule has 182 valence electrons. The highest BCUT2D eigenvalue weighted by atomic mass is 32.2. The second kappa shape index (κ2) is 10.1. The number of rotatable bonds is 9. The smallest absolute Gasteiger partial charge is 0.406 e. The predicted octanol–water partition coefficient (Wildman–Crippen LogP) is 2.43. The molecule has 12 heteroatoms. The van der Waals surface area contributed by atoms with Gasteiger partial charge in [-0.2, -0.15) is 17.9 Å². The van der Waals surface area contributed by atoms with Gasteiger partial charge in [0.1, 0.15) is 12.6 Å². The van der Waals surface area contributed by atoms with Crippen LogP contribution < -0.4 is 4.72 Å². The second-order valence-electron chi connectivity index (χ2n) is 7.67. The Hall–Kier alpha value is -2.70. The van der Waals surface area contributed by atoms with Crippen molar-refractivity contribution in [2.24, 2.45) is 0 Å². The molecular weight excluding hydrogens is 465 g/mol. The highest BCUT2D eigenvalue weighted by Gasteiger charge is 2.33. The van der Waals surface area contributed by atoms with Crippen molar-refractivity contribution in [1.29, 1.82) is 0 Å². The summed E-state index contributed by atoms with van der Waals surface area (Å²) in [6.45, 7) is 3.55. The number of halogens is 3. The largest absolute Gasteiger partial charge is 0.456 e. The van der Waals surface area contributed by atoms with E-state index in [0.29, 0.717) is 0 Å². The fraction of sp³-hybridized carbons (Fsp3) is 0.429. The van der Waals surface area contributed by atoms with Gasteiger partial charge in [0, 0.05) is 17.0 Å². The number of hydrogen-bond donors (Lipinski definition) is 2. The van der Waals surface area contributed by atoms with E-state index in [0.717, 1.165) is 17.1 Å². The quantitative estimate of drug-likeness (QED) is 0.412. The Balaban J connectivity index is 2.12. The maximum Gasteiger partial charge on any atom is 0.406 e. The molecule has 2 aromatic rings. The maximum atomic E-state index is 12.8. The number of nitrogens with one attached hydrogen (secondary N) is 1. The number of aryl methyl sites for hydroxylation is 2. The first kappa shape index (κ1) is 26.6. The summed E-state index contributed by atoms with van der Waals surface area (Å²) in [5.41, 5.74) is 1.01. The van der Waals surface area contributed by atoms with E-state index in [1.807, 2.05) is 4.72 Å². The van der Waals surface area contributed by atoms with Gasteiger partial charge in [0.25, 0.3) is 0 Å². The third-order valence-corrected chi connectivity index (χ3v) is 6.36. The Labute approximate surface area is 189 Å². The van der Waals surface area contributed by atoms with Crippen LogP contribution >= 0.6 is 0 Å². The van der Waals surface area contributed by atoms with Crippen molar-refractivity contribution in [3.8, 4) is 0 Å². The number of carbonyl (C=O) groups excluding carboxylic acids is 2. The first-order valence-corrected chi connectivity index (χ1v) is 11.3. The second-order valence-corrected chi connectivity index (χ2v) is 9.38. The summed E-state index contributed by atoms with van der Waals surface area (Å²) in [4.78, 5) is 24.7. The van der Waals surface area contributed by atoms with Crippen LogP contribution in [0.4, 0.5) is 13.2 Å². The zero-order valence-electron chi connectivity index (χ0n) is 18.4. The number of benzene rings is 1. The van der Waals surface area contributed by atoms with Gasteiger partial charge in [-0.05, 0) is 45.9 Å². The summed E-state index contributed by atoms with van der Waals surface area (Å²) in [6.07, 6.45) is -5.98. The number of carbonyl (C=O) groups is 2. The summed E-state index contributed by atoms with van der Waals surface area (Å²) in [7, 11) is -4.19. The van der Waals surface area contributed by atoms with E-state index in [1.54, 1.807) is 19.1 Å². The zero-order chi connectivity index (χ0) is 25.1. The number of aliphatic hydroxyl groups excluding tert-OH is 1. The fourth-order valence-corrected chi connectivity index (χ4v) is 4.36. The Morgan fingerprint density at radius 1 is 1.15 bits per heavy atom. The molecule has 0 saturated heterocycles. The molecule has 8 nitrogen and oxygen atoms in total. The first-order chi connectivity index (χ1) is 15.1. The molecular formula is C21H25F3N2O6S. The third-order valence-electron chi connectivity index (χ3n) is 4.91. The van der Waals surface area contributed by atoms with Gasteiger partial charge < -0.3 is 14.4 Å². The monoisotopic (exact) mass is 490 g/mol. The fourth-order valence-electron chi connectivity index (χ4n) is 3.11. The van der Waals surface area contributed by atoms with E-state index in [4.69, 9.17) is 4.74 Å². The average Bonchev–Trinajstić information content (AvgIpc) is 2.97. The molecule has 0 fully saturated rings. The van der Waals surface area contributed by atoms with Crippen LogP contribution in [0.3, 0.4) is 0 Å². The van der Waals surface area contributed by atoms with Gasteiger partial charge in [0.2, 0.25) is 15.8 Å². The molecule has 0 aliphatic heterocycles. The summed E-state index contributed by atoms with van der Waals surface area (Å²) in [5.74, 6) is -1.98. The third kappa shape index (κ3) is 6.89. The van der Waals surface area contributed by atoms with Gasteiger partial charge >= 0.3 is 12.1 Å². The van der Waals surface area contributed by atoms with E-state index < -0.39 is 53.2 Å². The van der Waals surface area contributed by atoms with Crippen molar-refractivity contribution >= 4 is 21.8 Å². The number of alkyl halides is 3. The van der Waals surface area contributed by atoms with E-state index in [9.17, 15) is 36.3 Å². The molecule has 0 radical (unpaired) electrons. The van der Waals surface area contributed by atoms with Gasteiger partial charge in [-0.15, -0.1) is 0 Å². The standard InChI is InChI=1S/C21H25F3N2O6S/c1-12-5-7-16(8-6-12)33(30,31)25-19(15(4)27)20(29)32-10-18(28)17-9-13(2)26(14(17)3)11-21(22,23)24/h5-9,15,19,25,27H,10-11H2,1-4H3/t15-,19-/m1/s1. The van der Waals surface area contributed by atoms with Crippen LogP contribution in [-0.2, 0) is 26.1 Å². The van der Waals surface area contributed by atoms with Crippen LogP contribution in [0.25, 0.3) is 0 Å². The van der Waals surface area contributed by atoms with Crippen LogP contribution in [0.5, 0.6) is 0 Å². The van der Waals surface area contributed by atoms with Gasteiger partial charge in [0.05, 0.1) is 11.0 Å². The Morgan fingerprint density at radius 2 is 1.73 bits per heavy atom. The van der Waals surface area contributed by atoms with E-state index in [2.05, 4.69) is 0 Å². The van der Waals surface area contributed by atoms with Crippen molar-refractivity contribution in [3.05, 3.63) is 52.8 Å². The highest BCUT2D eigenvalue weighted by Crippen LogP contribution is 2.23. The number of aliphatic hydroxyl groups is 1. The van der Waals surface area contributed by atoms with Crippen LogP contribution in [0.2, 0.25) is 0 Å². The van der Waals surface area contributed by atoms with Crippen LogP contribution in [-0.4, -0.2) is 54.8 Å². The Morgan fingerprint density at radius 3 is 2.24 bits per heavy atom. The van der Waals surface area contributed by atoms with Gasteiger partial charge in [-0.3, -0.25) is 9.59 Å². The lowest BCUT2D eigenvalue weighted by molar-refractivity contribution is -0.147. The normalized spacial score (nSPS) is 14.1. The molecule has 2 rings (SSSR count). The minimum Gasteiger partial charge on any atom is -0.456 e. The SMILES string of the molecule is Cc1ccc(S(=O)(=O)N[C@@H](C(=O)OCC(=O)c2cc(C)n(CC(F)(F)F)c2C)[C@@H](C)O)cc1. The van der Waals surface area contributed by atoms with E-state index in [1.165, 1.54) is 32.0 Å². The molecule has 33 heavy (non-hydrogen) atoms. The molecule has 0 bridgehead atoms. The Kier molecular flexibility index (Phi) is 8.09. The predicted molar refractivity (Wildman–Crippen MR) is 112 cm³/mol. The van der Waals surface area contributed by atoms with Crippen molar-refractivity contribution in [2.45, 2.75) is 57.5 Å². The van der Waals surface area contributed by atoms with Crippen LogP contribution in [0, 0.1) is 20.8 Å². The lowest BCUT2D eigenvalue weighted by Crippen LogP contribution is -2.48. The van der Waals surface area contributed by atoms with Crippen LogP contribution in [0.15, 0.2) is 35.2 Å². The first-order valence-electron chi connectivity index (χ1n) is 9.83. The Bertz CT molecular complexity index is 1120. The van der Waals surface area contributed by atoms with E-state index in [-0.39, 0.29) is 21.8 Å². The minimum absolute atomic E-state index is 0.0537. The van der Waals surface area contributed by atoms with Gasteiger partial charge in [0.15, 0.2) is 6.61 Å². The number of ether oxygens (including phenoxy) is 1. The minimum atomic E-state index is -4.49. The number of nitrogens with zero attached hydrogens (tertiary/aromatic N) is 1. The molecule has 2 atom stereocenters. The molecule has 0 saturated carbocycles. The van der Waals surface area contributed by atoms with Crippen LogP contribution in [0.1, 0.15) is 34.2 Å². The van der Waals surface area contributed by atoms with Gasteiger partial charge in [-0.25, -0.2) is 8.42 Å².